The van der Waals surface area contributed by atoms with Gasteiger partial charge in [-0.3, -0.25) is 19.2 Å². The van der Waals surface area contributed by atoms with Crippen LogP contribution in [-0.2, 0) is 4.79 Å². The van der Waals surface area contributed by atoms with Gasteiger partial charge in [-0.1, -0.05) is 12.1 Å². The maximum atomic E-state index is 13.4. The summed E-state index contributed by atoms with van der Waals surface area (Å²) in [6.45, 7) is 3.30. The van der Waals surface area contributed by atoms with E-state index >= 15 is 0 Å². The average molecular weight is 521 g/mol. The number of piperidine rings is 1. The minimum absolute atomic E-state index is 0.0368. The molecule has 2 saturated heterocycles. The summed E-state index contributed by atoms with van der Waals surface area (Å²) in [6.07, 6.45) is 3.20. The molecule has 0 aliphatic carbocycles. The van der Waals surface area contributed by atoms with Gasteiger partial charge < -0.3 is 24.4 Å². The lowest BCUT2D eigenvalue weighted by Crippen LogP contribution is -2.51. The molecule has 2 fully saturated rings. The van der Waals surface area contributed by atoms with Crippen LogP contribution in [0, 0.1) is 5.82 Å². The van der Waals surface area contributed by atoms with Crippen molar-refractivity contribution in [3.05, 3.63) is 75.9 Å². The van der Waals surface area contributed by atoms with Gasteiger partial charge in [0.05, 0.1) is 17.5 Å². The molecule has 3 aromatic rings. The molecular weight excluding hydrogens is 491 g/mol. The van der Waals surface area contributed by atoms with Crippen molar-refractivity contribution in [3.8, 4) is 0 Å². The molecule has 2 aliphatic rings. The smallest absolute Gasteiger partial charge is 0.287 e. The van der Waals surface area contributed by atoms with E-state index in [4.69, 9.17) is 4.42 Å². The van der Waals surface area contributed by atoms with E-state index in [1.54, 1.807) is 4.90 Å². The van der Waals surface area contributed by atoms with Gasteiger partial charge in [0.25, 0.3) is 11.8 Å². The van der Waals surface area contributed by atoms with Crippen molar-refractivity contribution in [2.24, 2.45) is 0 Å². The third kappa shape index (κ3) is 5.39. The van der Waals surface area contributed by atoms with Crippen molar-refractivity contribution in [2.75, 3.05) is 50.7 Å². The second-order valence-electron chi connectivity index (χ2n) is 9.54. The normalized spacial score (nSPS) is 16.0. The summed E-state index contributed by atoms with van der Waals surface area (Å²) >= 11 is 0. The van der Waals surface area contributed by atoms with Gasteiger partial charge in [-0.25, -0.2) is 4.39 Å². The molecule has 0 saturated carbocycles. The quantitative estimate of drug-likeness (QED) is 0.555. The predicted octanol–water partition coefficient (Wildman–Crippen LogP) is 2.64. The Bertz CT molecular complexity index is 1420. The van der Waals surface area contributed by atoms with Crippen LogP contribution < -0.4 is 15.6 Å². The fraction of sp³-hybridized carbons (Fsp3) is 0.357. The van der Waals surface area contributed by atoms with Crippen LogP contribution in [0.25, 0.3) is 11.0 Å². The number of anilines is 1. The summed E-state index contributed by atoms with van der Waals surface area (Å²) in [5.74, 6) is -1.75. The Morgan fingerprint density at radius 2 is 1.61 bits per heavy atom. The molecule has 0 atom stereocenters. The molecule has 5 rings (SSSR count). The second-order valence-corrected chi connectivity index (χ2v) is 9.54. The van der Waals surface area contributed by atoms with Gasteiger partial charge in [-0.05, 0) is 49.6 Å². The predicted molar refractivity (Wildman–Crippen MR) is 140 cm³/mol. The van der Waals surface area contributed by atoms with Crippen LogP contribution in [0.1, 0.15) is 40.2 Å². The highest BCUT2D eigenvalue weighted by Gasteiger charge is 2.26. The summed E-state index contributed by atoms with van der Waals surface area (Å²) in [7, 11) is 0. The molecule has 1 N–H and O–H groups in total. The van der Waals surface area contributed by atoms with Crippen molar-refractivity contribution in [1.29, 1.82) is 0 Å². The number of benzene rings is 2. The Hall–Kier alpha value is -4.21. The maximum absolute atomic E-state index is 13.4. The van der Waals surface area contributed by atoms with E-state index < -0.39 is 17.2 Å². The summed E-state index contributed by atoms with van der Waals surface area (Å²) < 4.78 is 18.8. The molecule has 0 bridgehead atoms. The lowest BCUT2D eigenvalue weighted by atomic mass is 10.1. The SMILES string of the molecule is O=C(NCC(=O)N1CCN(c2ccccc2C(=O)N2CCCCC2)CC1)c1cc(=O)c2cc(F)ccc2o1. The first-order valence-electron chi connectivity index (χ1n) is 12.8. The molecule has 0 unspecified atom stereocenters. The second kappa shape index (κ2) is 11.0. The first kappa shape index (κ1) is 25.4. The number of fused-ring (bicyclic) bond motifs is 1. The topological polar surface area (TPSA) is 103 Å². The third-order valence-corrected chi connectivity index (χ3v) is 7.06. The molecule has 0 radical (unpaired) electrons. The van der Waals surface area contributed by atoms with Crippen molar-refractivity contribution in [2.45, 2.75) is 19.3 Å². The fourth-order valence-electron chi connectivity index (χ4n) is 4.99. The molecule has 198 valence electrons. The van der Waals surface area contributed by atoms with E-state index in [2.05, 4.69) is 10.2 Å². The first-order chi connectivity index (χ1) is 18.4. The zero-order valence-corrected chi connectivity index (χ0v) is 21.0. The van der Waals surface area contributed by atoms with E-state index in [0.717, 1.165) is 56.2 Å². The molecule has 38 heavy (non-hydrogen) atoms. The number of rotatable bonds is 5. The minimum atomic E-state index is -0.703. The van der Waals surface area contributed by atoms with Gasteiger partial charge in [-0.15, -0.1) is 0 Å². The maximum Gasteiger partial charge on any atom is 0.287 e. The van der Waals surface area contributed by atoms with Crippen molar-refractivity contribution >= 4 is 34.4 Å². The zero-order valence-electron chi connectivity index (χ0n) is 21.0. The highest BCUT2D eigenvalue weighted by atomic mass is 19.1. The minimum Gasteiger partial charge on any atom is -0.451 e. The third-order valence-electron chi connectivity index (χ3n) is 7.06. The van der Waals surface area contributed by atoms with E-state index in [1.807, 2.05) is 29.2 Å². The Labute approximate surface area is 218 Å². The lowest BCUT2D eigenvalue weighted by molar-refractivity contribution is -0.130. The molecule has 10 heteroatoms. The Morgan fingerprint density at radius 1 is 0.868 bits per heavy atom. The Morgan fingerprint density at radius 3 is 2.37 bits per heavy atom. The summed E-state index contributed by atoms with van der Waals surface area (Å²) in [6, 6.07) is 12.1. The van der Waals surface area contributed by atoms with Crippen LogP contribution in [0.5, 0.6) is 0 Å². The van der Waals surface area contributed by atoms with Gasteiger partial charge in [0.1, 0.15) is 11.4 Å². The number of hydrogen-bond acceptors (Lipinski definition) is 6. The number of nitrogens with one attached hydrogen (secondary N) is 1. The summed E-state index contributed by atoms with van der Waals surface area (Å²) in [4.78, 5) is 56.4. The first-order valence-corrected chi connectivity index (χ1v) is 12.8. The van der Waals surface area contributed by atoms with Gasteiger partial charge in [0.2, 0.25) is 5.91 Å². The highest BCUT2D eigenvalue weighted by Crippen LogP contribution is 2.25. The average Bonchev–Trinajstić information content (AvgIpc) is 2.96. The summed E-state index contributed by atoms with van der Waals surface area (Å²) in [5, 5.41) is 2.54. The largest absolute Gasteiger partial charge is 0.451 e. The number of likely N-dealkylation sites (tertiary alicyclic amines) is 1. The molecule has 3 heterocycles. The standard InChI is InChI=1S/C28H29FN4O5/c29-19-8-9-24-21(16-19)23(34)17-25(38-24)27(36)30-18-26(35)32-14-12-31(13-15-32)22-7-3-2-6-20(22)28(37)33-10-4-1-5-11-33/h2-3,6-9,16-17H,1,4-5,10-15,18H2,(H,30,36). The van der Waals surface area contributed by atoms with Crippen LogP contribution in [0.3, 0.4) is 0 Å². The zero-order chi connectivity index (χ0) is 26.6. The molecule has 2 aliphatic heterocycles. The van der Waals surface area contributed by atoms with Crippen LogP contribution in [0.15, 0.2) is 57.7 Å². The van der Waals surface area contributed by atoms with Gasteiger partial charge >= 0.3 is 0 Å². The van der Waals surface area contributed by atoms with E-state index in [1.165, 1.54) is 6.07 Å². The van der Waals surface area contributed by atoms with E-state index in [0.29, 0.717) is 31.7 Å². The fourth-order valence-corrected chi connectivity index (χ4v) is 4.99. The number of carbonyl (C=O) groups excluding carboxylic acids is 3. The molecule has 1 aromatic heterocycles. The number of carbonyl (C=O) groups is 3. The van der Waals surface area contributed by atoms with E-state index in [-0.39, 0.29) is 35.1 Å². The van der Waals surface area contributed by atoms with Crippen LogP contribution in [-0.4, -0.2) is 73.3 Å². The number of piperazine rings is 1. The van der Waals surface area contributed by atoms with Crippen molar-refractivity contribution < 1.29 is 23.2 Å². The number of amides is 3. The monoisotopic (exact) mass is 520 g/mol. The number of nitrogens with zero attached hydrogens (tertiary/aromatic N) is 3. The van der Waals surface area contributed by atoms with Crippen molar-refractivity contribution in [1.82, 2.24) is 15.1 Å². The van der Waals surface area contributed by atoms with Crippen molar-refractivity contribution in [3.63, 3.8) is 0 Å². The Balaban J connectivity index is 1.17. The molecule has 2 aromatic carbocycles. The number of halogens is 1. The van der Waals surface area contributed by atoms with Crippen LogP contribution in [0.4, 0.5) is 10.1 Å². The molecule has 0 spiro atoms. The van der Waals surface area contributed by atoms with E-state index in [9.17, 15) is 23.6 Å². The number of para-hydroxylation sites is 1. The van der Waals surface area contributed by atoms with Gasteiger partial charge in [0, 0.05) is 51.0 Å². The molecule has 9 nitrogen and oxygen atoms in total. The summed E-state index contributed by atoms with van der Waals surface area (Å²) in [5.41, 5.74) is 1.10. The van der Waals surface area contributed by atoms with Crippen LogP contribution >= 0.6 is 0 Å². The van der Waals surface area contributed by atoms with Gasteiger partial charge in [0.15, 0.2) is 11.2 Å². The van der Waals surface area contributed by atoms with Gasteiger partial charge in [-0.2, -0.15) is 0 Å². The van der Waals surface area contributed by atoms with Crippen LogP contribution in [0.2, 0.25) is 0 Å². The lowest BCUT2D eigenvalue weighted by Gasteiger charge is -2.37. The molecular formula is C28H29FN4O5. The molecule has 3 amide bonds. The number of hydrogen-bond donors (Lipinski definition) is 1. The Kier molecular flexibility index (Phi) is 7.39. The highest BCUT2D eigenvalue weighted by molar-refractivity contribution is 6.00.